The van der Waals surface area contributed by atoms with Crippen LogP contribution >= 0.6 is 15.9 Å². The zero-order chi connectivity index (χ0) is 15.6. The average molecular weight is 374 g/mol. The van der Waals surface area contributed by atoms with E-state index in [9.17, 15) is 8.42 Å². The fourth-order valence-electron chi connectivity index (χ4n) is 3.49. The first-order valence-electron chi connectivity index (χ1n) is 7.44. The van der Waals surface area contributed by atoms with Crippen LogP contribution in [0.15, 0.2) is 22.7 Å². The van der Waals surface area contributed by atoms with Gasteiger partial charge in [-0.25, -0.2) is 8.42 Å². The highest BCUT2D eigenvalue weighted by atomic mass is 79.9. The van der Waals surface area contributed by atoms with Gasteiger partial charge in [-0.05, 0) is 62.4 Å². The number of nitrogens with one attached hydrogen (secondary N) is 1. The molecular formula is C16H24BrNO2S. The standard InChI is InChI=1S/C16H24BrNO2S/c1-11-7-13(9-14(17)8-11)16(18-2)12-5-4-6-15(10-12)21(3,19)20/h7-9,12,15-16,18H,4-6,10H2,1-3H3. The molecule has 0 aliphatic heterocycles. The summed E-state index contributed by atoms with van der Waals surface area (Å²) in [6.45, 7) is 2.08. The molecule has 1 aliphatic carbocycles. The van der Waals surface area contributed by atoms with Crippen LogP contribution in [0.4, 0.5) is 0 Å². The Labute approximate surface area is 136 Å². The van der Waals surface area contributed by atoms with Gasteiger partial charge >= 0.3 is 0 Å². The van der Waals surface area contributed by atoms with Gasteiger partial charge in [0.1, 0.15) is 9.84 Å². The van der Waals surface area contributed by atoms with Crippen LogP contribution in [0.5, 0.6) is 0 Å². The van der Waals surface area contributed by atoms with Gasteiger partial charge in [-0.15, -0.1) is 0 Å². The van der Waals surface area contributed by atoms with Crippen molar-refractivity contribution in [3.63, 3.8) is 0 Å². The summed E-state index contributed by atoms with van der Waals surface area (Å²) in [5.41, 5.74) is 2.46. The number of halogens is 1. The van der Waals surface area contributed by atoms with Crippen LogP contribution in [-0.4, -0.2) is 27.0 Å². The molecule has 0 bridgehead atoms. The number of aryl methyl sites for hydroxylation is 1. The highest BCUT2D eigenvalue weighted by molar-refractivity contribution is 9.10. The van der Waals surface area contributed by atoms with Crippen molar-refractivity contribution in [3.8, 4) is 0 Å². The predicted molar refractivity (Wildman–Crippen MR) is 91.3 cm³/mol. The van der Waals surface area contributed by atoms with Crippen molar-refractivity contribution in [2.24, 2.45) is 5.92 Å². The van der Waals surface area contributed by atoms with Crippen LogP contribution in [0.1, 0.15) is 42.9 Å². The topological polar surface area (TPSA) is 46.2 Å². The van der Waals surface area contributed by atoms with E-state index in [1.165, 1.54) is 17.4 Å². The Morgan fingerprint density at radius 3 is 2.57 bits per heavy atom. The molecule has 0 heterocycles. The third kappa shape index (κ3) is 4.30. The first-order chi connectivity index (χ1) is 9.81. The molecule has 3 unspecified atom stereocenters. The molecule has 1 saturated carbocycles. The van der Waals surface area contributed by atoms with Gasteiger partial charge in [-0.3, -0.25) is 0 Å². The number of sulfone groups is 1. The minimum absolute atomic E-state index is 0.180. The second-order valence-corrected chi connectivity index (χ2v) is 9.45. The van der Waals surface area contributed by atoms with Crippen molar-refractivity contribution >= 4 is 25.8 Å². The molecule has 1 aromatic carbocycles. The van der Waals surface area contributed by atoms with Crippen LogP contribution in [0.25, 0.3) is 0 Å². The van der Waals surface area contributed by atoms with Gasteiger partial charge in [0.15, 0.2) is 0 Å². The Bertz CT molecular complexity index is 580. The Morgan fingerprint density at radius 1 is 1.29 bits per heavy atom. The molecule has 1 fully saturated rings. The Balaban J connectivity index is 2.24. The quantitative estimate of drug-likeness (QED) is 0.876. The number of hydrogen-bond acceptors (Lipinski definition) is 3. The molecule has 3 atom stereocenters. The van der Waals surface area contributed by atoms with Crippen molar-refractivity contribution < 1.29 is 8.42 Å². The lowest BCUT2D eigenvalue weighted by molar-refractivity contribution is 0.282. The van der Waals surface area contributed by atoms with Crippen LogP contribution in [0.3, 0.4) is 0 Å². The summed E-state index contributed by atoms with van der Waals surface area (Å²) in [5.74, 6) is 0.372. The minimum atomic E-state index is -2.94. The third-order valence-electron chi connectivity index (χ3n) is 4.48. The Morgan fingerprint density at radius 2 is 2.00 bits per heavy atom. The molecule has 118 valence electrons. The van der Waals surface area contributed by atoms with Crippen LogP contribution in [0, 0.1) is 12.8 Å². The molecule has 1 aromatic rings. The zero-order valence-electron chi connectivity index (χ0n) is 12.9. The number of hydrogen-bond donors (Lipinski definition) is 1. The third-order valence-corrected chi connectivity index (χ3v) is 6.58. The zero-order valence-corrected chi connectivity index (χ0v) is 15.3. The summed E-state index contributed by atoms with van der Waals surface area (Å²) in [5, 5.41) is 3.22. The van der Waals surface area contributed by atoms with Crippen molar-refractivity contribution in [3.05, 3.63) is 33.8 Å². The van der Waals surface area contributed by atoms with Gasteiger partial charge in [0.05, 0.1) is 5.25 Å². The van der Waals surface area contributed by atoms with Crippen molar-refractivity contribution in [1.29, 1.82) is 0 Å². The maximum atomic E-state index is 11.9. The summed E-state index contributed by atoms with van der Waals surface area (Å²) in [6.07, 6.45) is 5.02. The molecular weight excluding hydrogens is 350 g/mol. The maximum absolute atomic E-state index is 11.9. The van der Waals surface area contributed by atoms with Crippen molar-refractivity contribution in [1.82, 2.24) is 5.32 Å². The second kappa shape index (κ2) is 6.80. The molecule has 3 nitrogen and oxygen atoms in total. The molecule has 0 aromatic heterocycles. The molecule has 1 N–H and O–H groups in total. The first-order valence-corrected chi connectivity index (χ1v) is 10.2. The maximum Gasteiger partial charge on any atom is 0.150 e. The van der Waals surface area contributed by atoms with E-state index in [4.69, 9.17) is 0 Å². The minimum Gasteiger partial charge on any atom is -0.313 e. The predicted octanol–water partition coefficient (Wildman–Crippen LogP) is 3.62. The van der Waals surface area contributed by atoms with E-state index < -0.39 is 9.84 Å². The summed E-state index contributed by atoms with van der Waals surface area (Å²) in [7, 11) is -0.973. The van der Waals surface area contributed by atoms with Crippen LogP contribution < -0.4 is 5.32 Å². The average Bonchev–Trinajstić information content (AvgIpc) is 2.38. The highest BCUT2D eigenvalue weighted by Crippen LogP contribution is 2.37. The van der Waals surface area contributed by atoms with Crippen LogP contribution in [-0.2, 0) is 9.84 Å². The molecule has 1 aliphatic rings. The number of rotatable bonds is 4. The highest BCUT2D eigenvalue weighted by Gasteiger charge is 2.33. The summed E-state index contributed by atoms with van der Waals surface area (Å²) < 4.78 is 24.8. The lowest BCUT2D eigenvalue weighted by atomic mass is 9.80. The molecule has 0 saturated heterocycles. The second-order valence-electron chi connectivity index (χ2n) is 6.21. The molecule has 0 spiro atoms. The first kappa shape index (κ1) is 17.0. The van der Waals surface area contributed by atoms with Crippen molar-refractivity contribution in [2.45, 2.75) is 43.9 Å². The smallest absolute Gasteiger partial charge is 0.150 e. The largest absolute Gasteiger partial charge is 0.313 e. The van der Waals surface area contributed by atoms with Crippen molar-refractivity contribution in [2.75, 3.05) is 13.3 Å². The molecule has 0 radical (unpaired) electrons. The van der Waals surface area contributed by atoms with E-state index in [2.05, 4.69) is 46.4 Å². The van der Waals surface area contributed by atoms with Gasteiger partial charge in [-0.2, -0.15) is 0 Å². The van der Waals surface area contributed by atoms with Gasteiger partial charge in [0, 0.05) is 16.8 Å². The van der Waals surface area contributed by atoms with Crippen LogP contribution in [0.2, 0.25) is 0 Å². The van der Waals surface area contributed by atoms with Gasteiger partial charge < -0.3 is 5.32 Å². The molecule has 2 rings (SSSR count). The monoisotopic (exact) mass is 373 g/mol. The van der Waals surface area contributed by atoms with Gasteiger partial charge in [0.2, 0.25) is 0 Å². The molecule has 0 amide bonds. The normalized spacial score (nSPS) is 24.8. The van der Waals surface area contributed by atoms with E-state index in [0.29, 0.717) is 5.92 Å². The fourth-order valence-corrected chi connectivity index (χ4v) is 5.31. The van der Waals surface area contributed by atoms with E-state index in [-0.39, 0.29) is 11.3 Å². The molecule has 5 heteroatoms. The Kier molecular flexibility index (Phi) is 5.49. The van der Waals surface area contributed by atoms with E-state index in [1.807, 2.05) is 7.05 Å². The van der Waals surface area contributed by atoms with E-state index >= 15 is 0 Å². The SMILES string of the molecule is CNC(c1cc(C)cc(Br)c1)C1CCCC(S(C)(=O)=O)C1. The Hall–Kier alpha value is -0.390. The lowest BCUT2D eigenvalue weighted by Crippen LogP contribution is -2.34. The number of benzene rings is 1. The summed E-state index contributed by atoms with van der Waals surface area (Å²) >= 11 is 3.55. The molecule has 21 heavy (non-hydrogen) atoms. The summed E-state index contributed by atoms with van der Waals surface area (Å²) in [4.78, 5) is 0. The van der Waals surface area contributed by atoms with E-state index in [1.54, 1.807) is 0 Å². The van der Waals surface area contributed by atoms with Gasteiger partial charge in [-0.1, -0.05) is 28.4 Å². The summed E-state index contributed by atoms with van der Waals surface area (Å²) in [6, 6.07) is 6.63. The van der Waals surface area contributed by atoms with Gasteiger partial charge in [0.25, 0.3) is 0 Å². The van der Waals surface area contributed by atoms with E-state index in [0.717, 1.165) is 30.2 Å². The lowest BCUT2D eigenvalue weighted by Gasteiger charge is -2.34. The fraction of sp³-hybridized carbons (Fsp3) is 0.625.